The third kappa shape index (κ3) is 8.72. The highest BCUT2D eigenvalue weighted by molar-refractivity contribution is 5.92. The lowest BCUT2D eigenvalue weighted by Gasteiger charge is -2.32. The highest BCUT2D eigenvalue weighted by atomic mass is 35.5. The van der Waals surface area contributed by atoms with Crippen LogP contribution in [0.25, 0.3) is 0 Å². The van der Waals surface area contributed by atoms with Crippen LogP contribution in [0.5, 0.6) is 5.75 Å². The second-order valence-corrected chi connectivity index (χ2v) is 7.05. The molecule has 2 aliphatic rings. The lowest BCUT2D eigenvalue weighted by Crippen LogP contribution is -2.45. The van der Waals surface area contributed by atoms with E-state index in [0.717, 1.165) is 70.1 Å². The van der Waals surface area contributed by atoms with Crippen LogP contribution in [-0.2, 0) is 4.79 Å². The summed E-state index contributed by atoms with van der Waals surface area (Å²) in [6, 6.07) is 7.69. The van der Waals surface area contributed by atoms with Crippen LogP contribution in [0.3, 0.4) is 0 Å². The molecule has 0 aliphatic carbocycles. The molecule has 1 unspecified atom stereocenters. The lowest BCUT2D eigenvalue weighted by molar-refractivity contribution is -0.120. The Bertz CT molecular complexity index is 549. The summed E-state index contributed by atoms with van der Waals surface area (Å²) < 4.78 is 5.83. The number of piperazine rings is 1. The van der Waals surface area contributed by atoms with E-state index in [1.807, 2.05) is 24.3 Å². The Kier molecular flexibility index (Phi) is 13.9. The average Bonchev–Trinajstić information content (AvgIpc) is 2.65. The molecule has 3 rings (SSSR count). The largest absolute Gasteiger partial charge is 0.492 e. The van der Waals surface area contributed by atoms with Gasteiger partial charge in [-0.2, -0.15) is 0 Å². The molecule has 0 aromatic heterocycles. The number of amides is 1. The van der Waals surface area contributed by atoms with E-state index < -0.39 is 0 Å². The summed E-state index contributed by atoms with van der Waals surface area (Å²) >= 11 is 0. The molecule has 2 heterocycles. The summed E-state index contributed by atoms with van der Waals surface area (Å²) in [6.45, 7) is 7.94. The van der Waals surface area contributed by atoms with Crippen LogP contribution in [-0.4, -0.2) is 75.2 Å². The first kappa shape index (κ1) is 27.2. The van der Waals surface area contributed by atoms with Gasteiger partial charge in [-0.1, -0.05) is 0 Å². The van der Waals surface area contributed by atoms with Crippen molar-refractivity contribution in [3.63, 3.8) is 0 Å². The van der Waals surface area contributed by atoms with E-state index >= 15 is 0 Å². The smallest absolute Gasteiger partial charge is 0.228 e. The molecule has 6 nitrogen and oxygen atoms in total. The van der Waals surface area contributed by atoms with Gasteiger partial charge in [0, 0.05) is 45.0 Å². The van der Waals surface area contributed by atoms with Crippen molar-refractivity contribution in [2.75, 3.05) is 64.8 Å². The fraction of sp³-hybridized carbons (Fsp3) is 0.632. The molecule has 1 atom stereocenters. The standard InChI is InChI=1S/C19H30N4O2.3ClH/c1-22-9-11-23(12-10-22)13-14-25-18-6-4-17(5-7-18)21-19(24)16-3-2-8-20-15-16;;;/h4-7,16,20H,2-3,8-15H2,1H3,(H,21,24);3*1H. The van der Waals surface area contributed by atoms with Gasteiger partial charge in [0.2, 0.25) is 5.91 Å². The van der Waals surface area contributed by atoms with Crippen molar-refractivity contribution < 1.29 is 9.53 Å². The molecule has 9 heteroatoms. The molecule has 1 amide bonds. The number of hydrogen-bond acceptors (Lipinski definition) is 5. The number of carbonyl (C=O) groups is 1. The van der Waals surface area contributed by atoms with E-state index in [-0.39, 0.29) is 49.0 Å². The fourth-order valence-corrected chi connectivity index (χ4v) is 3.32. The van der Waals surface area contributed by atoms with E-state index in [0.29, 0.717) is 6.61 Å². The van der Waals surface area contributed by atoms with Crippen molar-refractivity contribution in [3.8, 4) is 5.75 Å². The fourth-order valence-electron chi connectivity index (χ4n) is 3.32. The van der Waals surface area contributed by atoms with Crippen molar-refractivity contribution in [1.82, 2.24) is 15.1 Å². The predicted molar refractivity (Wildman–Crippen MR) is 122 cm³/mol. The van der Waals surface area contributed by atoms with Gasteiger partial charge in [0.15, 0.2) is 0 Å². The van der Waals surface area contributed by atoms with Gasteiger partial charge in [0.25, 0.3) is 0 Å². The zero-order chi connectivity index (χ0) is 17.5. The Labute approximate surface area is 187 Å². The quantitative estimate of drug-likeness (QED) is 0.690. The second kappa shape index (κ2) is 14.3. The number of ether oxygens (including phenoxy) is 1. The van der Waals surface area contributed by atoms with E-state index in [4.69, 9.17) is 4.74 Å². The molecule has 0 spiro atoms. The first-order valence-corrected chi connectivity index (χ1v) is 9.36. The minimum Gasteiger partial charge on any atom is -0.492 e. The zero-order valence-electron chi connectivity index (χ0n) is 16.4. The molecular formula is C19H33Cl3N4O2. The van der Waals surface area contributed by atoms with Crippen LogP contribution in [0.15, 0.2) is 24.3 Å². The van der Waals surface area contributed by atoms with Crippen LogP contribution < -0.4 is 15.4 Å². The third-order valence-electron chi connectivity index (χ3n) is 5.06. The number of halogens is 3. The Balaban J connectivity index is 0.00000243. The number of piperidine rings is 1. The van der Waals surface area contributed by atoms with E-state index in [2.05, 4.69) is 27.5 Å². The predicted octanol–water partition coefficient (Wildman–Crippen LogP) is 2.52. The Morgan fingerprint density at radius 2 is 1.82 bits per heavy atom. The third-order valence-corrected chi connectivity index (χ3v) is 5.06. The van der Waals surface area contributed by atoms with E-state index in [1.54, 1.807) is 0 Å². The Hall–Kier alpha value is -0.760. The minimum atomic E-state index is 0. The van der Waals surface area contributed by atoms with Gasteiger partial charge in [-0.05, 0) is 50.7 Å². The van der Waals surface area contributed by atoms with Gasteiger partial charge >= 0.3 is 0 Å². The molecule has 2 fully saturated rings. The highest BCUT2D eigenvalue weighted by Crippen LogP contribution is 2.18. The first-order valence-electron chi connectivity index (χ1n) is 9.36. The summed E-state index contributed by atoms with van der Waals surface area (Å²) in [4.78, 5) is 17.0. The topological polar surface area (TPSA) is 56.8 Å². The molecule has 0 bridgehead atoms. The summed E-state index contributed by atoms with van der Waals surface area (Å²) in [6.07, 6.45) is 2.03. The van der Waals surface area contributed by atoms with Crippen molar-refractivity contribution in [1.29, 1.82) is 0 Å². The maximum atomic E-state index is 12.2. The lowest BCUT2D eigenvalue weighted by atomic mass is 9.99. The van der Waals surface area contributed by atoms with Crippen LogP contribution in [0.4, 0.5) is 5.69 Å². The zero-order valence-corrected chi connectivity index (χ0v) is 18.8. The number of nitrogens with zero attached hydrogens (tertiary/aromatic N) is 2. The van der Waals surface area contributed by atoms with Gasteiger partial charge in [0.1, 0.15) is 12.4 Å². The van der Waals surface area contributed by atoms with Crippen molar-refractivity contribution in [3.05, 3.63) is 24.3 Å². The van der Waals surface area contributed by atoms with Gasteiger partial charge in [0.05, 0.1) is 5.92 Å². The summed E-state index contributed by atoms with van der Waals surface area (Å²) in [5.74, 6) is 1.04. The van der Waals surface area contributed by atoms with Crippen LogP contribution >= 0.6 is 37.2 Å². The van der Waals surface area contributed by atoms with E-state index in [9.17, 15) is 4.79 Å². The van der Waals surface area contributed by atoms with E-state index in [1.165, 1.54) is 0 Å². The maximum Gasteiger partial charge on any atom is 0.228 e. The normalized spacial score (nSPS) is 20.1. The molecule has 1 aromatic carbocycles. The minimum absolute atomic E-state index is 0. The summed E-state index contributed by atoms with van der Waals surface area (Å²) in [5, 5.41) is 6.28. The first-order chi connectivity index (χ1) is 12.2. The molecule has 2 aliphatic heterocycles. The monoisotopic (exact) mass is 454 g/mol. The molecule has 0 saturated carbocycles. The maximum absolute atomic E-state index is 12.2. The Morgan fingerprint density at radius 3 is 2.43 bits per heavy atom. The summed E-state index contributed by atoms with van der Waals surface area (Å²) in [7, 11) is 2.17. The van der Waals surface area contributed by atoms with Crippen LogP contribution in [0.1, 0.15) is 12.8 Å². The molecule has 1 aromatic rings. The van der Waals surface area contributed by atoms with Gasteiger partial charge in [-0.3, -0.25) is 9.69 Å². The molecule has 162 valence electrons. The number of likely N-dealkylation sites (N-methyl/N-ethyl adjacent to an activating group) is 1. The summed E-state index contributed by atoms with van der Waals surface area (Å²) in [5.41, 5.74) is 0.835. The Morgan fingerprint density at radius 1 is 1.14 bits per heavy atom. The van der Waals surface area contributed by atoms with Crippen molar-refractivity contribution in [2.24, 2.45) is 5.92 Å². The molecule has 2 N–H and O–H groups in total. The highest BCUT2D eigenvalue weighted by Gasteiger charge is 2.20. The molecule has 0 radical (unpaired) electrons. The molecule has 28 heavy (non-hydrogen) atoms. The average molecular weight is 456 g/mol. The second-order valence-electron chi connectivity index (χ2n) is 7.05. The number of hydrogen-bond donors (Lipinski definition) is 2. The van der Waals surface area contributed by atoms with Gasteiger partial charge < -0.3 is 20.3 Å². The number of rotatable bonds is 6. The molecular weight excluding hydrogens is 423 g/mol. The van der Waals surface area contributed by atoms with Crippen LogP contribution in [0.2, 0.25) is 0 Å². The SMILES string of the molecule is CN1CCN(CCOc2ccc(NC(=O)C3CCCNC3)cc2)CC1.Cl.Cl.Cl. The van der Waals surface area contributed by atoms with Gasteiger partial charge in [-0.25, -0.2) is 0 Å². The van der Waals surface area contributed by atoms with Gasteiger partial charge in [-0.15, -0.1) is 37.2 Å². The molecule has 2 saturated heterocycles. The number of anilines is 1. The van der Waals surface area contributed by atoms with Crippen molar-refractivity contribution >= 4 is 48.8 Å². The number of carbonyl (C=O) groups excluding carboxylic acids is 1. The van der Waals surface area contributed by atoms with Crippen LogP contribution in [0, 0.1) is 5.92 Å². The number of benzene rings is 1. The van der Waals surface area contributed by atoms with Crippen molar-refractivity contribution in [2.45, 2.75) is 12.8 Å². The number of nitrogens with one attached hydrogen (secondary N) is 2.